The summed E-state index contributed by atoms with van der Waals surface area (Å²) in [7, 11) is -4.78. The van der Waals surface area contributed by atoms with Crippen molar-refractivity contribution in [2.45, 2.75) is 23.6 Å². The highest BCUT2D eigenvalue weighted by atomic mass is 32.2. The summed E-state index contributed by atoms with van der Waals surface area (Å²) in [6.45, 7) is 3.81. The SMILES string of the molecule is COc1cc(-c2cn(S(=O)(=O)c3ccc(C)cc3)c3ccccc23)c(OC)cc1-c1cn(S(=O)(=O)c2ccc(C)cc2)c2ccccc12. The zero-order valence-electron chi connectivity index (χ0n) is 26.7. The number of aryl methyl sites for hydroxylation is 2. The van der Waals surface area contributed by atoms with Crippen molar-refractivity contribution in [2.24, 2.45) is 0 Å². The van der Waals surface area contributed by atoms with Crippen LogP contribution in [0.3, 0.4) is 0 Å². The van der Waals surface area contributed by atoms with E-state index in [-0.39, 0.29) is 9.79 Å². The van der Waals surface area contributed by atoms with Crippen molar-refractivity contribution in [2.75, 3.05) is 14.2 Å². The van der Waals surface area contributed by atoms with Crippen molar-refractivity contribution < 1.29 is 26.3 Å². The Labute approximate surface area is 279 Å². The fraction of sp³-hybridized carbons (Fsp3) is 0.105. The summed E-state index contributed by atoms with van der Waals surface area (Å²) in [5.41, 5.74) is 5.44. The minimum atomic E-state index is -3.93. The molecule has 0 saturated carbocycles. The number of nitrogens with zero attached hydrogens (tertiary/aromatic N) is 2. The second-order valence-corrected chi connectivity index (χ2v) is 15.2. The van der Waals surface area contributed by atoms with Gasteiger partial charge in [-0.15, -0.1) is 0 Å². The molecule has 242 valence electrons. The molecule has 0 N–H and O–H groups in total. The van der Waals surface area contributed by atoms with Crippen LogP contribution in [0.15, 0.2) is 131 Å². The molecule has 7 rings (SSSR count). The molecular formula is C38H32N2O6S2. The predicted molar refractivity (Wildman–Crippen MR) is 189 cm³/mol. The zero-order valence-corrected chi connectivity index (χ0v) is 28.3. The highest BCUT2D eigenvalue weighted by molar-refractivity contribution is 7.90. The molecule has 0 radical (unpaired) electrons. The number of aromatic nitrogens is 2. The summed E-state index contributed by atoms with van der Waals surface area (Å²) in [6.07, 6.45) is 3.22. The zero-order chi connectivity index (χ0) is 33.8. The molecule has 48 heavy (non-hydrogen) atoms. The Kier molecular flexibility index (Phi) is 7.65. The van der Waals surface area contributed by atoms with E-state index in [0.717, 1.165) is 11.1 Å². The standard InChI is InChI=1S/C38H32N2O6S2/c1-25-13-17-27(18-14-25)47(41,42)39-23-33(29-9-5-7-11-35(29)39)31-21-38(46-4)32(22-37(31)45-3)34-24-40(36-12-8-6-10-30(34)36)48(43,44)28-19-15-26(2)16-20-28/h5-24H,1-4H3. The quantitative estimate of drug-likeness (QED) is 0.162. The van der Waals surface area contributed by atoms with Crippen molar-refractivity contribution in [3.8, 4) is 33.8 Å². The topological polar surface area (TPSA) is 96.6 Å². The molecule has 10 heteroatoms. The fourth-order valence-corrected chi connectivity index (χ4v) is 8.83. The molecule has 0 atom stereocenters. The Bertz CT molecular complexity index is 2380. The van der Waals surface area contributed by atoms with Crippen LogP contribution in [0.2, 0.25) is 0 Å². The van der Waals surface area contributed by atoms with Crippen LogP contribution in [0.25, 0.3) is 44.1 Å². The normalized spacial score (nSPS) is 12.1. The van der Waals surface area contributed by atoms with Crippen LogP contribution < -0.4 is 9.47 Å². The second kappa shape index (κ2) is 11.7. The van der Waals surface area contributed by atoms with E-state index in [9.17, 15) is 16.8 Å². The maximum absolute atomic E-state index is 13.9. The van der Waals surface area contributed by atoms with Crippen molar-refractivity contribution in [1.29, 1.82) is 0 Å². The molecule has 0 amide bonds. The maximum atomic E-state index is 13.9. The molecule has 0 aliphatic carbocycles. The summed E-state index contributed by atoms with van der Waals surface area (Å²) < 4.78 is 70.1. The molecule has 0 spiro atoms. The van der Waals surface area contributed by atoms with Crippen molar-refractivity contribution in [3.05, 3.63) is 133 Å². The number of rotatable bonds is 8. The van der Waals surface area contributed by atoms with Gasteiger partial charge in [-0.05, 0) is 62.4 Å². The van der Waals surface area contributed by atoms with Gasteiger partial charge in [0.2, 0.25) is 0 Å². The van der Waals surface area contributed by atoms with E-state index in [0.29, 0.717) is 55.6 Å². The summed E-state index contributed by atoms with van der Waals surface area (Å²) in [5, 5.41) is 1.42. The Balaban J connectivity index is 1.43. The molecule has 0 aliphatic rings. The summed E-state index contributed by atoms with van der Waals surface area (Å²) in [5.74, 6) is 0.916. The third-order valence-electron chi connectivity index (χ3n) is 8.61. The van der Waals surface area contributed by atoms with E-state index in [4.69, 9.17) is 9.47 Å². The molecule has 0 aliphatic heterocycles. The summed E-state index contributed by atoms with van der Waals surface area (Å²) >= 11 is 0. The van der Waals surface area contributed by atoms with E-state index in [2.05, 4.69) is 0 Å². The van der Waals surface area contributed by atoms with Gasteiger partial charge in [0, 0.05) is 45.4 Å². The average molecular weight is 677 g/mol. The predicted octanol–water partition coefficient (Wildman–Crippen LogP) is 8.04. The minimum Gasteiger partial charge on any atom is -0.496 e. The summed E-state index contributed by atoms with van der Waals surface area (Å²) in [6, 6.07) is 31.7. The van der Waals surface area contributed by atoms with Crippen LogP contribution in [0.5, 0.6) is 11.5 Å². The fourth-order valence-electron chi connectivity index (χ4n) is 6.09. The highest BCUT2D eigenvalue weighted by Gasteiger charge is 2.27. The first-order valence-corrected chi connectivity index (χ1v) is 18.0. The first-order chi connectivity index (χ1) is 23.0. The van der Waals surface area contributed by atoms with Crippen LogP contribution in [-0.4, -0.2) is 39.0 Å². The van der Waals surface area contributed by atoms with Gasteiger partial charge in [-0.25, -0.2) is 24.8 Å². The Hall–Kier alpha value is -5.32. The number of para-hydroxylation sites is 2. The third-order valence-corrected chi connectivity index (χ3v) is 12.0. The lowest BCUT2D eigenvalue weighted by atomic mass is 9.97. The van der Waals surface area contributed by atoms with Gasteiger partial charge in [0.25, 0.3) is 20.0 Å². The smallest absolute Gasteiger partial charge is 0.268 e. The first kappa shape index (κ1) is 31.3. The largest absolute Gasteiger partial charge is 0.496 e. The monoisotopic (exact) mass is 676 g/mol. The van der Waals surface area contributed by atoms with Gasteiger partial charge in [0.15, 0.2) is 0 Å². The first-order valence-electron chi connectivity index (χ1n) is 15.2. The van der Waals surface area contributed by atoms with E-state index in [1.54, 1.807) is 112 Å². The van der Waals surface area contributed by atoms with E-state index in [1.807, 2.05) is 38.1 Å². The Morgan fingerprint density at radius 1 is 0.479 bits per heavy atom. The van der Waals surface area contributed by atoms with Gasteiger partial charge in [0.1, 0.15) is 11.5 Å². The number of benzene rings is 5. The molecule has 2 heterocycles. The number of methoxy groups -OCH3 is 2. The van der Waals surface area contributed by atoms with Crippen LogP contribution in [0.1, 0.15) is 11.1 Å². The maximum Gasteiger partial charge on any atom is 0.268 e. The molecule has 0 fully saturated rings. The van der Waals surface area contributed by atoms with Gasteiger partial charge < -0.3 is 9.47 Å². The number of hydrogen-bond donors (Lipinski definition) is 0. The number of hydrogen-bond acceptors (Lipinski definition) is 6. The molecule has 2 aromatic heterocycles. The lowest BCUT2D eigenvalue weighted by Gasteiger charge is -2.15. The number of fused-ring (bicyclic) bond motifs is 2. The average Bonchev–Trinajstić information content (AvgIpc) is 3.68. The Morgan fingerprint density at radius 2 is 0.833 bits per heavy atom. The van der Waals surface area contributed by atoms with E-state index in [1.165, 1.54) is 7.94 Å². The molecule has 0 unspecified atom stereocenters. The van der Waals surface area contributed by atoms with Crippen molar-refractivity contribution in [3.63, 3.8) is 0 Å². The molecule has 0 saturated heterocycles. The van der Waals surface area contributed by atoms with Gasteiger partial charge >= 0.3 is 0 Å². The van der Waals surface area contributed by atoms with E-state index >= 15 is 0 Å². The van der Waals surface area contributed by atoms with Crippen LogP contribution in [0.4, 0.5) is 0 Å². The van der Waals surface area contributed by atoms with Crippen molar-refractivity contribution >= 4 is 41.9 Å². The van der Waals surface area contributed by atoms with Gasteiger partial charge in [0.05, 0.1) is 35.0 Å². The molecule has 5 aromatic carbocycles. The van der Waals surface area contributed by atoms with Gasteiger partial charge in [-0.1, -0.05) is 71.8 Å². The van der Waals surface area contributed by atoms with Crippen LogP contribution in [-0.2, 0) is 20.0 Å². The van der Waals surface area contributed by atoms with E-state index < -0.39 is 20.0 Å². The summed E-state index contributed by atoms with van der Waals surface area (Å²) in [4.78, 5) is 0.356. The van der Waals surface area contributed by atoms with Gasteiger partial charge in [-0.3, -0.25) is 0 Å². The molecule has 0 bridgehead atoms. The van der Waals surface area contributed by atoms with Crippen LogP contribution in [0, 0.1) is 13.8 Å². The third kappa shape index (κ3) is 5.04. The second-order valence-electron chi connectivity index (χ2n) is 11.6. The number of ether oxygens (including phenoxy) is 2. The van der Waals surface area contributed by atoms with Gasteiger partial charge in [-0.2, -0.15) is 0 Å². The van der Waals surface area contributed by atoms with Crippen molar-refractivity contribution in [1.82, 2.24) is 7.94 Å². The lowest BCUT2D eigenvalue weighted by Crippen LogP contribution is -2.11. The molecular weight excluding hydrogens is 645 g/mol. The highest BCUT2D eigenvalue weighted by Crippen LogP contribution is 2.46. The van der Waals surface area contributed by atoms with Crippen LogP contribution >= 0.6 is 0 Å². The minimum absolute atomic E-state index is 0.178. The Morgan fingerprint density at radius 3 is 1.19 bits per heavy atom. The lowest BCUT2D eigenvalue weighted by molar-refractivity contribution is 0.406. The molecule has 7 aromatic rings. The molecule has 8 nitrogen and oxygen atoms in total.